The van der Waals surface area contributed by atoms with E-state index in [2.05, 4.69) is 12.2 Å². The van der Waals surface area contributed by atoms with Gasteiger partial charge >= 0.3 is 12.0 Å². The summed E-state index contributed by atoms with van der Waals surface area (Å²) in [5.41, 5.74) is 1.56. The molecule has 0 aliphatic carbocycles. The lowest BCUT2D eigenvalue weighted by Gasteiger charge is -2.31. The first-order valence-corrected chi connectivity index (χ1v) is 14.6. The number of aliphatic hydroxyl groups is 1. The summed E-state index contributed by atoms with van der Waals surface area (Å²) in [6.45, 7) is 2.24. The van der Waals surface area contributed by atoms with E-state index < -0.39 is 11.9 Å². The van der Waals surface area contributed by atoms with Crippen molar-refractivity contribution in [1.82, 2.24) is 10.2 Å². The van der Waals surface area contributed by atoms with E-state index >= 15 is 0 Å². The summed E-state index contributed by atoms with van der Waals surface area (Å²) in [7, 11) is 1.33. The number of unbranched alkanes of at least 4 members (excludes halogenated alkanes) is 6. The highest BCUT2D eigenvalue weighted by Crippen LogP contribution is 2.46. The summed E-state index contributed by atoms with van der Waals surface area (Å²) in [4.78, 5) is 39.6. The standard InChI is InChI=1S/C30H45FN2O6/c1-3-4-5-6-7-8-9-16-32-30(37)33(17-18-34)29(36)28-24(25-13-14-26(28)39-25)20-22-19-23(31)12-10-21(22)11-15-27(35)38-2/h10,12,19,24-26,28,34H,3-9,11,13-18,20H2,1-2H3,(H,32,37). The Morgan fingerprint density at radius 1 is 1.08 bits per heavy atom. The average Bonchev–Trinajstić information content (AvgIpc) is 3.54. The molecular formula is C30H45FN2O6. The minimum Gasteiger partial charge on any atom is -0.469 e. The normalized spacial score (nSPS) is 21.6. The zero-order valence-electron chi connectivity index (χ0n) is 23.5. The summed E-state index contributed by atoms with van der Waals surface area (Å²) in [5.74, 6) is -1.87. The molecule has 0 saturated carbocycles. The molecule has 9 heteroatoms. The molecule has 3 rings (SSSR count). The number of rotatable bonds is 16. The van der Waals surface area contributed by atoms with Crippen LogP contribution in [0.4, 0.5) is 9.18 Å². The van der Waals surface area contributed by atoms with E-state index in [1.807, 2.05) is 0 Å². The molecule has 1 aromatic rings. The Morgan fingerprint density at radius 3 is 2.51 bits per heavy atom. The smallest absolute Gasteiger partial charge is 0.324 e. The van der Waals surface area contributed by atoms with Crippen molar-refractivity contribution in [3.63, 3.8) is 0 Å². The highest BCUT2D eigenvalue weighted by molar-refractivity contribution is 5.96. The van der Waals surface area contributed by atoms with E-state index in [4.69, 9.17) is 9.47 Å². The minimum absolute atomic E-state index is 0.0906. The largest absolute Gasteiger partial charge is 0.469 e. The molecule has 218 valence electrons. The topological polar surface area (TPSA) is 105 Å². The van der Waals surface area contributed by atoms with Crippen LogP contribution in [0, 0.1) is 17.7 Å². The van der Waals surface area contributed by atoms with Gasteiger partial charge in [-0.1, -0.05) is 51.5 Å². The number of carbonyl (C=O) groups is 3. The fourth-order valence-electron chi connectivity index (χ4n) is 5.96. The van der Waals surface area contributed by atoms with E-state index in [9.17, 15) is 23.9 Å². The van der Waals surface area contributed by atoms with Gasteiger partial charge in [-0.25, -0.2) is 9.18 Å². The van der Waals surface area contributed by atoms with Crippen molar-refractivity contribution in [3.8, 4) is 0 Å². The number of ether oxygens (including phenoxy) is 2. The number of carbonyl (C=O) groups excluding carboxylic acids is 3. The van der Waals surface area contributed by atoms with E-state index in [1.54, 1.807) is 6.07 Å². The van der Waals surface area contributed by atoms with Crippen LogP contribution in [-0.2, 0) is 31.9 Å². The molecule has 0 aromatic heterocycles. The minimum atomic E-state index is -0.559. The highest BCUT2D eigenvalue weighted by atomic mass is 19.1. The average molecular weight is 549 g/mol. The van der Waals surface area contributed by atoms with Gasteiger partial charge in [-0.05, 0) is 55.4 Å². The molecule has 2 aliphatic heterocycles. The van der Waals surface area contributed by atoms with Gasteiger partial charge in [0.15, 0.2) is 0 Å². The van der Waals surface area contributed by atoms with Crippen molar-refractivity contribution in [2.45, 2.75) is 96.2 Å². The number of esters is 1. The van der Waals surface area contributed by atoms with Gasteiger partial charge in [0.25, 0.3) is 0 Å². The van der Waals surface area contributed by atoms with Gasteiger partial charge in [0, 0.05) is 18.9 Å². The number of aliphatic hydroxyl groups excluding tert-OH is 1. The van der Waals surface area contributed by atoms with Gasteiger partial charge in [-0.3, -0.25) is 14.5 Å². The van der Waals surface area contributed by atoms with Crippen LogP contribution in [0.5, 0.6) is 0 Å². The van der Waals surface area contributed by atoms with Crippen LogP contribution in [0.2, 0.25) is 0 Å². The van der Waals surface area contributed by atoms with Gasteiger partial charge in [0.1, 0.15) is 5.82 Å². The number of fused-ring (bicyclic) bond motifs is 2. The molecule has 39 heavy (non-hydrogen) atoms. The molecule has 2 bridgehead atoms. The Kier molecular flexibility index (Phi) is 12.7. The van der Waals surface area contributed by atoms with Crippen molar-refractivity contribution >= 4 is 17.9 Å². The maximum Gasteiger partial charge on any atom is 0.324 e. The number of amides is 3. The molecule has 2 saturated heterocycles. The van der Waals surface area contributed by atoms with Crippen molar-refractivity contribution in [2.75, 3.05) is 26.8 Å². The maximum absolute atomic E-state index is 14.2. The zero-order valence-corrected chi connectivity index (χ0v) is 23.5. The molecule has 0 spiro atoms. The Morgan fingerprint density at radius 2 is 1.79 bits per heavy atom. The number of nitrogens with zero attached hydrogens (tertiary/aromatic N) is 1. The Bertz CT molecular complexity index is 957. The number of halogens is 1. The van der Waals surface area contributed by atoms with Crippen molar-refractivity contribution in [2.24, 2.45) is 11.8 Å². The van der Waals surface area contributed by atoms with Crippen molar-refractivity contribution < 1.29 is 33.4 Å². The summed E-state index contributed by atoms with van der Waals surface area (Å²) in [6, 6.07) is 4.01. The number of hydrogen-bond donors (Lipinski definition) is 2. The van der Waals surface area contributed by atoms with Gasteiger partial charge in [0.2, 0.25) is 5.91 Å². The van der Waals surface area contributed by atoms with Crippen LogP contribution in [0.15, 0.2) is 18.2 Å². The lowest BCUT2D eigenvalue weighted by Crippen LogP contribution is -2.51. The van der Waals surface area contributed by atoms with Crippen LogP contribution in [0.25, 0.3) is 0 Å². The molecule has 8 nitrogen and oxygen atoms in total. The summed E-state index contributed by atoms with van der Waals surface area (Å²) >= 11 is 0. The van der Waals surface area contributed by atoms with Crippen molar-refractivity contribution in [3.05, 3.63) is 35.1 Å². The SMILES string of the molecule is CCCCCCCCCNC(=O)N(CCO)C(=O)C1C2CCC(O2)C1Cc1cc(F)ccc1CCC(=O)OC. The van der Waals surface area contributed by atoms with Crippen molar-refractivity contribution in [1.29, 1.82) is 0 Å². The quantitative estimate of drug-likeness (QED) is 0.232. The van der Waals surface area contributed by atoms with Gasteiger partial charge in [-0.2, -0.15) is 0 Å². The lowest BCUT2D eigenvalue weighted by atomic mass is 9.74. The van der Waals surface area contributed by atoms with Crippen LogP contribution >= 0.6 is 0 Å². The molecule has 2 fully saturated rings. The lowest BCUT2D eigenvalue weighted by molar-refractivity contribution is -0.140. The number of methoxy groups -OCH3 is 1. The predicted octanol–water partition coefficient (Wildman–Crippen LogP) is 4.55. The van der Waals surface area contributed by atoms with Gasteiger partial charge in [-0.15, -0.1) is 0 Å². The number of imide groups is 1. The first kappa shape index (κ1) is 31.0. The summed E-state index contributed by atoms with van der Waals surface area (Å²) in [6.07, 6.45) is 9.90. The fourth-order valence-corrected chi connectivity index (χ4v) is 5.96. The van der Waals surface area contributed by atoms with E-state index in [0.29, 0.717) is 19.4 Å². The molecule has 2 aliphatic rings. The number of urea groups is 1. The second-order valence-corrected chi connectivity index (χ2v) is 10.7. The second kappa shape index (κ2) is 15.9. The number of aryl methyl sites for hydroxylation is 1. The third kappa shape index (κ3) is 8.73. The molecule has 0 radical (unpaired) electrons. The predicted molar refractivity (Wildman–Crippen MR) is 146 cm³/mol. The molecular weight excluding hydrogens is 503 g/mol. The van der Waals surface area contributed by atoms with Gasteiger partial charge < -0.3 is 19.9 Å². The second-order valence-electron chi connectivity index (χ2n) is 10.7. The summed E-state index contributed by atoms with van der Waals surface area (Å²) < 4.78 is 25.1. The number of nitrogens with one attached hydrogen (secondary N) is 1. The molecule has 2 N–H and O–H groups in total. The van der Waals surface area contributed by atoms with Crippen LogP contribution < -0.4 is 5.32 Å². The van der Waals surface area contributed by atoms with Gasteiger partial charge in [0.05, 0.1) is 38.4 Å². The molecule has 1 aromatic carbocycles. The van der Waals surface area contributed by atoms with E-state index in [0.717, 1.165) is 48.1 Å². The Balaban J connectivity index is 1.65. The third-order valence-electron chi connectivity index (χ3n) is 8.05. The monoisotopic (exact) mass is 548 g/mol. The number of benzene rings is 1. The van der Waals surface area contributed by atoms with Crippen LogP contribution in [0.3, 0.4) is 0 Å². The van der Waals surface area contributed by atoms with Crippen LogP contribution in [0.1, 0.15) is 82.3 Å². The Hall–Kier alpha value is -2.52. The highest BCUT2D eigenvalue weighted by Gasteiger charge is 2.53. The first-order valence-electron chi connectivity index (χ1n) is 14.6. The first-order chi connectivity index (χ1) is 18.9. The maximum atomic E-state index is 14.2. The molecule has 4 unspecified atom stereocenters. The number of hydrogen-bond acceptors (Lipinski definition) is 6. The molecule has 3 amide bonds. The third-order valence-corrected chi connectivity index (χ3v) is 8.05. The van der Waals surface area contributed by atoms with E-state index in [-0.39, 0.29) is 55.4 Å². The van der Waals surface area contributed by atoms with E-state index in [1.165, 1.54) is 44.9 Å². The molecule has 4 atom stereocenters. The zero-order chi connectivity index (χ0) is 28.2. The molecule has 2 heterocycles. The summed E-state index contributed by atoms with van der Waals surface area (Å²) in [5, 5.41) is 12.5. The fraction of sp³-hybridized carbons (Fsp3) is 0.700. The van der Waals surface area contributed by atoms with Crippen LogP contribution in [-0.4, -0.2) is 66.9 Å². The Labute approximate surface area is 231 Å².